The lowest BCUT2D eigenvalue weighted by Gasteiger charge is -2.39. The van der Waals surface area contributed by atoms with E-state index in [1.54, 1.807) is 12.1 Å². The molecule has 2 aliphatic heterocycles. The number of rotatable bonds is 3. The maximum absolute atomic E-state index is 12.5. The largest absolute Gasteiger partial charge is 0.377 e. The molecule has 2 aliphatic rings. The summed E-state index contributed by atoms with van der Waals surface area (Å²) < 4.78 is 0. The third-order valence-electron chi connectivity index (χ3n) is 5.55. The Hall–Kier alpha value is -2.89. The monoisotopic (exact) mass is 351 g/mol. The van der Waals surface area contributed by atoms with Gasteiger partial charge in [-0.25, -0.2) is 0 Å². The van der Waals surface area contributed by atoms with E-state index in [0.717, 1.165) is 17.7 Å². The van der Waals surface area contributed by atoms with Crippen molar-refractivity contribution in [3.63, 3.8) is 0 Å². The van der Waals surface area contributed by atoms with Crippen molar-refractivity contribution in [2.45, 2.75) is 31.8 Å². The number of likely N-dealkylation sites (tertiary alicyclic amines) is 1. The number of anilines is 1. The number of nitro benzene ring substituents is 1. The highest BCUT2D eigenvalue weighted by Gasteiger charge is 2.47. The van der Waals surface area contributed by atoms with Gasteiger partial charge in [-0.2, -0.15) is 0 Å². The van der Waals surface area contributed by atoms with Crippen LogP contribution in [0, 0.1) is 16.0 Å². The van der Waals surface area contributed by atoms with Gasteiger partial charge in [0.2, 0.25) is 5.91 Å². The molecule has 2 heterocycles. The molecule has 134 valence electrons. The molecule has 2 aromatic rings. The molecule has 0 unspecified atom stereocenters. The molecule has 4 rings (SSSR count). The molecule has 0 saturated carbocycles. The molecule has 6 heteroatoms. The Bertz CT molecular complexity index is 867. The second kappa shape index (κ2) is 6.44. The molecular formula is C20H21N3O3. The van der Waals surface area contributed by atoms with Crippen LogP contribution in [0.1, 0.15) is 43.0 Å². The van der Waals surface area contributed by atoms with Crippen molar-refractivity contribution in [2.75, 3.05) is 11.9 Å². The average Bonchev–Trinajstić information content (AvgIpc) is 3.12. The van der Waals surface area contributed by atoms with Gasteiger partial charge in [0, 0.05) is 30.6 Å². The number of para-hydroxylation sites is 2. The van der Waals surface area contributed by atoms with Crippen molar-refractivity contribution in [3.05, 3.63) is 69.8 Å². The minimum absolute atomic E-state index is 0.0373. The van der Waals surface area contributed by atoms with E-state index in [0.29, 0.717) is 18.5 Å². The first-order chi connectivity index (χ1) is 12.6. The van der Waals surface area contributed by atoms with E-state index in [4.69, 9.17) is 0 Å². The fourth-order valence-corrected chi connectivity index (χ4v) is 4.43. The van der Waals surface area contributed by atoms with Gasteiger partial charge in [-0.3, -0.25) is 14.9 Å². The molecule has 0 aliphatic carbocycles. The van der Waals surface area contributed by atoms with E-state index in [2.05, 4.69) is 11.4 Å². The fraction of sp³-hybridized carbons (Fsp3) is 0.350. The van der Waals surface area contributed by atoms with Gasteiger partial charge in [-0.05, 0) is 18.1 Å². The van der Waals surface area contributed by atoms with Crippen LogP contribution in [-0.2, 0) is 4.79 Å². The quantitative estimate of drug-likeness (QED) is 0.668. The van der Waals surface area contributed by atoms with E-state index in [1.165, 1.54) is 0 Å². The molecule has 0 aromatic heterocycles. The normalized spacial score (nSPS) is 23.7. The lowest BCUT2D eigenvalue weighted by atomic mass is 9.79. The molecule has 1 fully saturated rings. The number of nitrogens with zero attached hydrogens (tertiary/aromatic N) is 2. The van der Waals surface area contributed by atoms with Crippen LogP contribution in [0.4, 0.5) is 11.4 Å². The van der Waals surface area contributed by atoms with Crippen molar-refractivity contribution in [2.24, 2.45) is 5.92 Å². The summed E-state index contributed by atoms with van der Waals surface area (Å²) in [6, 6.07) is 14.6. The van der Waals surface area contributed by atoms with Crippen molar-refractivity contribution >= 4 is 17.3 Å². The highest BCUT2D eigenvalue weighted by molar-refractivity contribution is 5.77. The fourth-order valence-electron chi connectivity index (χ4n) is 4.43. The van der Waals surface area contributed by atoms with Crippen LogP contribution in [0.25, 0.3) is 0 Å². The van der Waals surface area contributed by atoms with Gasteiger partial charge < -0.3 is 10.2 Å². The summed E-state index contributed by atoms with van der Waals surface area (Å²) in [5.74, 6) is 0.247. The first-order valence-corrected chi connectivity index (χ1v) is 9.00. The van der Waals surface area contributed by atoms with E-state index >= 15 is 0 Å². The number of fused-ring (bicyclic) bond motifs is 3. The predicted molar refractivity (Wildman–Crippen MR) is 98.8 cm³/mol. The third kappa shape index (κ3) is 2.53. The van der Waals surface area contributed by atoms with Crippen molar-refractivity contribution in [1.82, 2.24) is 4.90 Å². The van der Waals surface area contributed by atoms with Crippen LogP contribution in [0.3, 0.4) is 0 Å². The highest BCUT2D eigenvalue weighted by atomic mass is 16.6. The third-order valence-corrected chi connectivity index (χ3v) is 5.55. The number of benzene rings is 2. The first-order valence-electron chi connectivity index (χ1n) is 9.00. The van der Waals surface area contributed by atoms with Gasteiger partial charge in [-0.1, -0.05) is 43.3 Å². The van der Waals surface area contributed by atoms with Crippen LogP contribution in [0.15, 0.2) is 48.5 Å². The molecule has 0 bridgehead atoms. The molecule has 0 spiro atoms. The Morgan fingerprint density at radius 3 is 2.62 bits per heavy atom. The number of amides is 1. The zero-order valence-electron chi connectivity index (χ0n) is 14.6. The van der Waals surface area contributed by atoms with Gasteiger partial charge in [0.05, 0.1) is 22.6 Å². The van der Waals surface area contributed by atoms with E-state index in [9.17, 15) is 14.9 Å². The highest BCUT2D eigenvalue weighted by Crippen LogP contribution is 2.52. The minimum atomic E-state index is -0.323. The number of nitro groups is 1. The predicted octanol–water partition coefficient (Wildman–Crippen LogP) is 4.06. The molecule has 1 N–H and O–H groups in total. The number of hydrogen-bond donors (Lipinski definition) is 1. The maximum Gasteiger partial charge on any atom is 0.274 e. The Labute approximate surface area is 152 Å². The Kier molecular flexibility index (Phi) is 4.11. The average molecular weight is 351 g/mol. The van der Waals surface area contributed by atoms with Crippen LogP contribution >= 0.6 is 0 Å². The lowest BCUT2D eigenvalue weighted by Crippen LogP contribution is -2.37. The minimum Gasteiger partial charge on any atom is -0.377 e. The zero-order chi connectivity index (χ0) is 18.3. The van der Waals surface area contributed by atoms with Gasteiger partial charge in [0.15, 0.2) is 0 Å². The Morgan fingerprint density at radius 1 is 1.19 bits per heavy atom. The Balaban J connectivity index is 1.83. The molecule has 26 heavy (non-hydrogen) atoms. The molecule has 0 radical (unpaired) electrons. The van der Waals surface area contributed by atoms with Crippen LogP contribution in [0.2, 0.25) is 0 Å². The summed E-state index contributed by atoms with van der Waals surface area (Å²) in [7, 11) is 0. The van der Waals surface area contributed by atoms with Gasteiger partial charge in [0.25, 0.3) is 5.69 Å². The van der Waals surface area contributed by atoms with Crippen LogP contribution in [0.5, 0.6) is 0 Å². The molecule has 2 aromatic carbocycles. The summed E-state index contributed by atoms with van der Waals surface area (Å²) in [5, 5.41) is 15.0. The zero-order valence-corrected chi connectivity index (χ0v) is 14.6. The molecular weight excluding hydrogens is 330 g/mol. The number of hydrogen-bond acceptors (Lipinski definition) is 4. The standard InChI is InChI=1S/C20H21N3O3/c1-2-18(24)22-12-11-15-19(14-8-4-6-10-17(14)23(25)26)21-16-9-5-3-7-13(16)20(15)22/h3-10,15,19-21H,2,11-12H2,1H3/t15-,19+,20+/m0/s1. The number of nitrogens with one attached hydrogen (secondary N) is 1. The van der Waals surface area contributed by atoms with Gasteiger partial charge >= 0.3 is 0 Å². The summed E-state index contributed by atoms with van der Waals surface area (Å²) in [6.07, 6.45) is 1.30. The SMILES string of the molecule is CCC(=O)N1CC[C@H]2[C@@H](c3ccccc3[N+](=O)[O-])Nc3ccccc3[C@H]21. The maximum atomic E-state index is 12.5. The summed E-state index contributed by atoms with van der Waals surface area (Å²) in [5.41, 5.74) is 2.87. The summed E-state index contributed by atoms with van der Waals surface area (Å²) in [6.45, 7) is 2.57. The van der Waals surface area contributed by atoms with Crippen molar-refractivity contribution in [1.29, 1.82) is 0 Å². The topological polar surface area (TPSA) is 75.5 Å². The molecule has 3 atom stereocenters. The number of carbonyl (C=O) groups is 1. The van der Waals surface area contributed by atoms with E-state index in [1.807, 2.05) is 42.2 Å². The molecule has 1 amide bonds. The van der Waals surface area contributed by atoms with Crippen LogP contribution in [-0.4, -0.2) is 22.3 Å². The Morgan fingerprint density at radius 2 is 1.88 bits per heavy atom. The van der Waals surface area contributed by atoms with Crippen LogP contribution < -0.4 is 5.32 Å². The summed E-state index contributed by atoms with van der Waals surface area (Å²) in [4.78, 5) is 25.7. The molecule has 1 saturated heterocycles. The first kappa shape index (κ1) is 16.6. The van der Waals surface area contributed by atoms with E-state index < -0.39 is 0 Å². The van der Waals surface area contributed by atoms with E-state index in [-0.39, 0.29) is 34.5 Å². The van der Waals surface area contributed by atoms with Gasteiger partial charge in [0.1, 0.15) is 0 Å². The second-order valence-electron chi connectivity index (χ2n) is 6.86. The lowest BCUT2D eigenvalue weighted by molar-refractivity contribution is -0.385. The molecule has 6 nitrogen and oxygen atoms in total. The second-order valence-corrected chi connectivity index (χ2v) is 6.86. The number of carbonyl (C=O) groups excluding carboxylic acids is 1. The van der Waals surface area contributed by atoms with Crippen molar-refractivity contribution < 1.29 is 9.72 Å². The van der Waals surface area contributed by atoms with Gasteiger partial charge in [-0.15, -0.1) is 0 Å². The summed E-state index contributed by atoms with van der Waals surface area (Å²) >= 11 is 0. The van der Waals surface area contributed by atoms with Crippen molar-refractivity contribution in [3.8, 4) is 0 Å². The smallest absolute Gasteiger partial charge is 0.274 e.